The third-order valence-corrected chi connectivity index (χ3v) is 4.02. The van der Waals surface area contributed by atoms with Crippen LogP contribution in [0, 0.1) is 0 Å². The molecule has 0 bridgehead atoms. The fourth-order valence-electron chi connectivity index (χ4n) is 2.97. The Labute approximate surface area is 137 Å². The Bertz CT molecular complexity index is 666. The molecule has 3 rings (SSSR count). The molecule has 0 saturated carbocycles. The SMILES string of the molecule is CC(C)Oc1cc(Nc2ccc(CCO)cc2)c2c(n1)CCC2. The van der Waals surface area contributed by atoms with Gasteiger partial charge in [0.25, 0.3) is 0 Å². The van der Waals surface area contributed by atoms with Gasteiger partial charge in [0.2, 0.25) is 5.88 Å². The Morgan fingerprint density at radius 1 is 1.22 bits per heavy atom. The third-order valence-electron chi connectivity index (χ3n) is 4.02. The van der Waals surface area contributed by atoms with Gasteiger partial charge in [-0.3, -0.25) is 0 Å². The molecule has 0 aliphatic heterocycles. The number of anilines is 2. The first kappa shape index (κ1) is 15.8. The summed E-state index contributed by atoms with van der Waals surface area (Å²) >= 11 is 0. The second-order valence-corrected chi connectivity index (χ2v) is 6.25. The predicted octanol–water partition coefficient (Wildman–Crippen LogP) is 3.64. The molecule has 4 heteroatoms. The molecule has 4 nitrogen and oxygen atoms in total. The van der Waals surface area contributed by atoms with Crippen LogP contribution in [0.25, 0.3) is 0 Å². The van der Waals surface area contributed by atoms with Gasteiger partial charge in [0.1, 0.15) is 0 Å². The quantitative estimate of drug-likeness (QED) is 0.855. The molecule has 0 amide bonds. The van der Waals surface area contributed by atoms with Crippen LogP contribution >= 0.6 is 0 Å². The highest BCUT2D eigenvalue weighted by molar-refractivity contribution is 5.66. The first-order valence-corrected chi connectivity index (χ1v) is 8.32. The summed E-state index contributed by atoms with van der Waals surface area (Å²) in [6, 6.07) is 10.2. The summed E-state index contributed by atoms with van der Waals surface area (Å²) < 4.78 is 5.79. The lowest BCUT2D eigenvalue weighted by molar-refractivity contribution is 0.232. The summed E-state index contributed by atoms with van der Waals surface area (Å²) in [5.74, 6) is 0.694. The monoisotopic (exact) mass is 312 g/mol. The van der Waals surface area contributed by atoms with Crippen molar-refractivity contribution in [3.8, 4) is 5.88 Å². The standard InChI is InChI=1S/C19H24N2O2/c1-13(2)23-19-12-18(16-4-3-5-17(16)21-19)20-15-8-6-14(7-9-15)10-11-22/h6-9,12-13,22H,3-5,10-11H2,1-2H3,(H,20,21). The molecule has 1 aliphatic carbocycles. The van der Waals surface area contributed by atoms with Gasteiger partial charge in [-0.1, -0.05) is 12.1 Å². The minimum atomic E-state index is 0.118. The molecule has 0 atom stereocenters. The van der Waals surface area contributed by atoms with E-state index >= 15 is 0 Å². The van der Waals surface area contributed by atoms with Crippen molar-refractivity contribution in [2.24, 2.45) is 0 Å². The van der Waals surface area contributed by atoms with Crippen LogP contribution < -0.4 is 10.1 Å². The largest absolute Gasteiger partial charge is 0.475 e. The number of fused-ring (bicyclic) bond motifs is 1. The highest BCUT2D eigenvalue weighted by Crippen LogP contribution is 2.33. The van der Waals surface area contributed by atoms with Crippen LogP contribution in [0.3, 0.4) is 0 Å². The number of aliphatic hydroxyl groups excluding tert-OH is 1. The van der Waals surface area contributed by atoms with E-state index in [2.05, 4.69) is 22.4 Å². The van der Waals surface area contributed by atoms with Crippen LogP contribution in [0.5, 0.6) is 5.88 Å². The lowest BCUT2D eigenvalue weighted by Crippen LogP contribution is -2.09. The molecule has 0 saturated heterocycles. The number of ether oxygens (including phenoxy) is 1. The van der Waals surface area contributed by atoms with Gasteiger partial charge >= 0.3 is 0 Å². The molecule has 2 N–H and O–H groups in total. The molecule has 23 heavy (non-hydrogen) atoms. The third kappa shape index (κ3) is 3.82. The van der Waals surface area contributed by atoms with Crippen molar-refractivity contribution in [3.63, 3.8) is 0 Å². The van der Waals surface area contributed by atoms with Gasteiger partial charge in [0.15, 0.2) is 0 Å². The smallest absolute Gasteiger partial charge is 0.215 e. The van der Waals surface area contributed by atoms with Crippen molar-refractivity contribution < 1.29 is 9.84 Å². The highest BCUT2D eigenvalue weighted by Gasteiger charge is 2.19. The van der Waals surface area contributed by atoms with E-state index in [1.807, 2.05) is 32.0 Å². The van der Waals surface area contributed by atoms with Crippen LogP contribution in [0.4, 0.5) is 11.4 Å². The van der Waals surface area contributed by atoms with Gasteiger partial charge in [-0.15, -0.1) is 0 Å². The number of benzene rings is 1. The van der Waals surface area contributed by atoms with Crippen LogP contribution in [0.15, 0.2) is 30.3 Å². The Morgan fingerprint density at radius 3 is 2.70 bits per heavy atom. The van der Waals surface area contributed by atoms with Crippen molar-refractivity contribution in [1.29, 1.82) is 0 Å². The molecule has 0 spiro atoms. The van der Waals surface area contributed by atoms with Crippen molar-refractivity contribution in [1.82, 2.24) is 4.98 Å². The van der Waals surface area contributed by atoms with Crippen LogP contribution in [0.2, 0.25) is 0 Å². The number of aryl methyl sites for hydroxylation is 1. The number of pyridine rings is 1. The van der Waals surface area contributed by atoms with E-state index in [-0.39, 0.29) is 12.7 Å². The number of nitrogens with zero attached hydrogens (tertiary/aromatic N) is 1. The second kappa shape index (κ2) is 7.01. The molecule has 1 aliphatic rings. The van der Waals surface area contributed by atoms with Gasteiger partial charge < -0.3 is 15.2 Å². The average Bonchev–Trinajstić information content (AvgIpc) is 2.97. The molecule has 1 aromatic carbocycles. The van der Waals surface area contributed by atoms with E-state index < -0.39 is 0 Å². The maximum Gasteiger partial charge on any atom is 0.215 e. The number of nitrogens with one attached hydrogen (secondary N) is 1. The van der Waals surface area contributed by atoms with Crippen LogP contribution in [-0.4, -0.2) is 22.8 Å². The van der Waals surface area contributed by atoms with E-state index in [0.29, 0.717) is 12.3 Å². The molecule has 122 valence electrons. The molecule has 2 aromatic rings. The zero-order valence-corrected chi connectivity index (χ0v) is 13.8. The fraction of sp³-hybridized carbons (Fsp3) is 0.421. The number of rotatable bonds is 6. The number of hydrogen-bond acceptors (Lipinski definition) is 4. The highest BCUT2D eigenvalue weighted by atomic mass is 16.5. The van der Waals surface area contributed by atoms with Gasteiger partial charge in [-0.05, 0) is 62.8 Å². The summed E-state index contributed by atoms with van der Waals surface area (Å²) in [5, 5.41) is 12.5. The van der Waals surface area contributed by atoms with Crippen molar-refractivity contribution >= 4 is 11.4 Å². The van der Waals surface area contributed by atoms with E-state index in [1.165, 1.54) is 5.56 Å². The number of hydrogen-bond donors (Lipinski definition) is 2. The summed E-state index contributed by atoms with van der Waals surface area (Å²) in [4.78, 5) is 4.64. The molecular formula is C19H24N2O2. The van der Waals surface area contributed by atoms with Crippen molar-refractivity contribution in [3.05, 3.63) is 47.2 Å². The summed E-state index contributed by atoms with van der Waals surface area (Å²) in [5.41, 5.74) is 5.74. The minimum Gasteiger partial charge on any atom is -0.475 e. The number of aromatic nitrogens is 1. The Morgan fingerprint density at radius 2 is 2.00 bits per heavy atom. The summed E-state index contributed by atoms with van der Waals surface area (Å²) in [6.45, 7) is 4.21. The molecule has 1 heterocycles. The zero-order valence-electron chi connectivity index (χ0n) is 13.8. The van der Waals surface area contributed by atoms with Gasteiger partial charge in [-0.25, -0.2) is 4.98 Å². The van der Waals surface area contributed by atoms with Crippen LogP contribution in [-0.2, 0) is 19.3 Å². The van der Waals surface area contributed by atoms with Gasteiger partial charge in [0.05, 0.1) is 6.10 Å². The topological polar surface area (TPSA) is 54.4 Å². The Balaban J connectivity index is 1.85. The lowest BCUT2D eigenvalue weighted by atomic mass is 10.1. The van der Waals surface area contributed by atoms with Crippen molar-refractivity contribution in [2.45, 2.75) is 45.6 Å². The minimum absolute atomic E-state index is 0.118. The van der Waals surface area contributed by atoms with E-state index in [4.69, 9.17) is 9.84 Å². The van der Waals surface area contributed by atoms with E-state index in [1.54, 1.807) is 0 Å². The Hall–Kier alpha value is -2.07. The van der Waals surface area contributed by atoms with E-state index in [0.717, 1.165) is 41.9 Å². The number of aliphatic hydroxyl groups is 1. The molecule has 0 fully saturated rings. The van der Waals surface area contributed by atoms with Gasteiger partial charge in [-0.2, -0.15) is 0 Å². The first-order chi connectivity index (χ1) is 11.2. The first-order valence-electron chi connectivity index (χ1n) is 8.32. The van der Waals surface area contributed by atoms with E-state index in [9.17, 15) is 0 Å². The lowest BCUT2D eigenvalue weighted by Gasteiger charge is -2.15. The van der Waals surface area contributed by atoms with Crippen molar-refractivity contribution in [2.75, 3.05) is 11.9 Å². The molecule has 0 radical (unpaired) electrons. The maximum atomic E-state index is 9.00. The molecule has 1 aromatic heterocycles. The fourth-order valence-corrected chi connectivity index (χ4v) is 2.97. The summed E-state index contributed by atoms with van der Waals surface area (Å²) in [7, 11) is 0. The predicted molar refractivity (Wildman–Crippen MR) is 92.5 cm³/mol. The Kier molecular flexibility index (Phi) is 4.82. The normalized spacial score (nSPS) is 13.2. The average molecular weight is 312 g/mol. The molecule has 0 unspecified atom stereocenters. The maximum absolute atomic E-state index is 9.00. The second-order valence-electron chi connectivity index (χ2n) is 6.25. The summed E-state index contributed by atoms with van der Waals surface area (Å²) in [6.07, 6.45) is 4.05. The zero-order chi connectivity index (χ0) is 16.2. The molecular weight excluding hydrogens is 288 g/mol. The van der Waals surface area contributed by atoms with Crippen LogP contribution in [0.1, 0.15) is 37.1 Å². The van der Waals surface area contributed by atoms with Gasteiger partial charge in [0, 0.05) is 29.7 Å².